The molecule has 0 aromatic heterocycles. The van der Waals surface area contributed by atoms with Gasteiger partial charge in [0.1, 0.15) is 0 Å². The second-order valence-electron chi connectivity index (χ2n) is 16.5. The molecular weight excluding hydrogens is 1290 g/mol. The first-order chi connectivity index (χ1) is 29.0. The average molecular weight is 1380 g/mol. The Labute approximate surface area is 487 Å². The Morgan fingerprint density at radius 3 is 0.269 bits per heavy atom. The van der Waals surface area contributed by atoms with Gasteiger partial charge in [-0.25, -0.2) is 0 Å². The molecule has 0 atom stereocenters. The molecule has 0 aliphatic rings. The molecule has 0 saturated carbocycles. The molecule has 0 aliphatic heterocycles. The van der Waals surface area contributed by atoms with Crippen LogP contribution in [0.25, 0.3) is 0 Å². The number of hydrogen-bond donors (Lipinski definition) is 0. The van der Waals surface area contributed by atoms with Crippen LogP contribution < -0.4 is 0 Å². The van der Waals surface area contributed by atoms with E-state index in [4.69, 9.17) is 199 Å². The van der Waals surface area contributed by atoms with Gasteiger partial charge in [0.2, 0.25) is 0 Å². The summed E-state index contributed by atoms with van der Waals surface area (Å²) in [6, 6.07) is 0. The molecule has 0 heterocycles. The van der Waals surface area contributed by atoms with Gasteiger partial charge in [-0.2, -0.15) is 0 Å². The second-order valence-corrected chi connectivity index (χ2v) is 45.9. The zero-order valence-electron chi connectivity index (χ0n) is 43.8. The predicted octanol–water partition coefficient (Wildman–Crippen LogP) is 15.6. The van der Waals surface area contributed by atoms with Gasteiger partial charge >= 0.3 is 0 Å². The van der Waals surface area contributed by atoms with Crippen molar-refractivity contribution in [2.45, 2.75) is 239 Å². The van der Waals surface area contributed by atoms with Crippen molar-refractivity contribution >= 4 is 178 Å². The standard InChI is InChI=1S/6C6H15O2PS2.Mo/c6*1-5(2)7-9(10,11)8-6(3)4;/h6*5-6H,1-4H3,(H,10,11);/p-6. The minimum atomic E-state index is -2.39. The summed E-state index contributed by atoms with van der Waals surface area (Å²) in [5, 5.41) is 0. The van der Waals surface area contributed by atoms with E-state index in [0.717, 1.165) is 0 Å². The van der Waals surface area contributed by atoms with Crippen molar-refractivity contribution in [3.8, 4) is 0 Å². The van der Waals surface area contributed by atoms with Crippen molar-refractivity contribution in [3.05, 3.63) is 0 Å². The zero-order chi connectivity index (χ0) is 54.4. The summed E-state index contributed by atoms with van der Waals surface area (Å²) in [6.07, 6.45) is 0.634. The molecule has 31 heteroatoms. The van der Waals surface area contributed by atoms with Crippen LogP contribution in [0.3, 0.4) is 0 Å². The van der Waals surface area contributed by atoms with E-state index in [1.807, 2.05) is 166 Å². The molecule has 0 rings (SSSR count). The van der Waals surface area contributed by atoms with Gasteiger partial charge in [-0.05, 0) is 166 Å². The summed E-state index contributed by atoms with van der Waals surface area (Å²) in [5.41, 5.74) is -14.3. The summed E-state index contributed by atoms with van der Waals surface area (Å²) in [4.78, 5) is 0. The maximum absolute atomic E-state index is 5.27. The van der Waals surface area contributed by atoms with E-state index in [2.05, 4.69) is 0 Å². The molecule has 0 aromatic carbocycles. The molecule has 0 aliphatic carbocycles. The van der Waals surface area contributed by atoms with E-state index in [0.29, 0.717) is 0 Å². The molecule has 0 saturated heterocycles. The van der Waals surface area contributed by atoms with E-state index in [9.17, 15) is 0 Å². The molecule has 0 fully saturated rings. The molecule has 0 radical (unpaired) electrons. The first-order valence-electron chi connectivity index (χ1n) is 21.1. The Kier molecular flexibility index (Phi) is 58.5. The van der Waals surface area contributed by atoms with Crippen molar-refractivity contribution in [3.63, 3.8) is 0 Å². The minimum Gasteiger partial charge on any atom is -0.691 e. The van der Waals surface area contributed by atoms with Gasteiger partial charge in [-0.3, -0.25) is 0 Å². The third-order valence-electron chi connectivity index (χ3n) is 4.08. The van der Waals surface area contributed by atoms with Crippen molar-refractivity contribution in [1.29, 1.82) is 0 Å². The van der Waals surface area contributed by atoms with Crippen molar-refractivity contribution in [2.75, 3.05) is 0 Å². The Morgan fingerprint density at radius 1 is 0.194 bits per heavy atom. The largest absolute Gasteiger partial charge is 0.691 e. The Morgan fingerprint density at radius 2 is 0.239 bits per heavy atom. The van der Waals surface area contributed by atoms with Crippen LogP contribution in [0.5, 0.6) is 0 Å². The third kappa shape index (κ3) is 81.2. The SMILES string of the molecule is CC(C)OP(=S)([S-])OC(C)C.CC(C)OP(=S)([S-])OC(C)C.CC(C)OP(=S)([S-])OC(C)C.CC(C)OP(=S)([S-])OC(C)C.CC(C)OP(=S)([S-])OC(C)C.CC(C)OP(=S)([S-])OC(C)C.[Mo]. The Hall–Kier alpha value is 6.21. The quantitative estimate of drug-likeness (QED) is 0.0519. The van der Waals surface area contributed by atoms with Crippen LogP contribution >= 0.6 is 34.2 Å². The van der Waals surface area contributed by atoms with Crippen molar-refractivity contribution < 1.29 is 75.4 Å². The molecule has 0 aromatic rings. The molecule has 67 heavy (non-hydrogen) atoms. The molecule has 0 N–H and O–H groups in total. The summed E-state index contributed by atoms with van der Waals surface area (Å²) in [7, 11) is 0. The molecule has 12 nitrogen and oxygen atoms in total. The van der Waals surface area contributed by atoms with Crippen LogP contribution in [0.4, 0.5) is 0 Å². The molecular formula is C36H84MoO12P6S12-6. The van der Waals surface area contributed by atoms with E-state index >= 15 is 0 Å². The van der Waals surface area contributed by atoms with Crippen LogP contribution in [-0.4, -0.2) is 73.2 Å². The normalized spacial score (nSPS) is 12.8. The Balaban J connectivity index is -0.000000129. The fourth-order valence-corrected chi connectivity index (χ4v) is 22.1. The minimum absolute atomic E-state index is 0. The van der Waals surface area contributed by atoms with Gasteiger partial charge in [0, 0.05) is 21.1 Å². The molecule has 0 bridgehead atoms. The van der Waals surface area contributed by atoms with Gasteiger partial charge in [0.25, 0.3) is 0 Å². The van der Waals surface area contributed by atoms with Crippen molar-refractivity contribution in [2.24, 2.45) is 0 Å². The second kappa shape index (κ2) is 45.0. The maximum atomic E-state index is 5.27. The summed E-state index contributed by atoms with van der Waals surface area (Å²) < 4.78 is 63.2. The van der Waals surface area contributed by atoms with E-state index in [-0.39, 0.29) is 94.3 Å². The first-order valence-corrected chi connectivity index (χ1v) is 43.0. The molecule has 0 amide bonds. The van der Waals surface area contributed by atoms with Crippen LogP contribution in [-0.2, 0) is 220 Å². The van der Waals surface area contributed by atoms with Crippen LogP contribution in [0.15, 0.2) is 0 Å². The average Bonchev–Trinajstić information content (AvgIpc) is 2.90. The fourth-order valence-electron chi connectivity index (χ4n) is 3.25. The van der Waals surface area contributed by atoms with Gasteiger partial charge in [-0.1, -0.05) is 70.8 Å². The summed E-state index contributed by atoms with van der Waals surface area (Å²) in [6.45, 7) is 45.6. The monoisotopic (exact) mass is 1380 g/mol. The van der Waals surface area contributed by atoms with Gasteiger partial charge in [0.05, 0.1) is 107 Å². The summed E-state index contributed by atoms with van der Waals surface area (Å²) in [5.74, 6) is 0. The van der Waals surface area contributed by atoms with Crippen LogP contribution in [0.2, 0.25) is 0 Å². The summed E-state index contributed by atoms with van der Waals surface area (Å²) >= 11 is 59.7. The number of rotatable bonds is 24. The van der Waals surface area contributed by atoms with Gasteiger partial charge in [0.15, 0.2) is 0 Å². The fraction of sp³-hybridized carbons (Fsp3) is 1.00. The zero-order valence-corrected chi connectivity index (χ0v) is 61.0. The Bertz CT molecular complexity index is 1150. The first kappa shape index (κ1) is 87.1. The van der Waals surface area contributed by atoms with Crippen LogP contribution in [0, 0.1) is 0 Å². The van der Waals surface area contributed by atoms with E-state index in [1.165, 1.54) is 0 Å². The van der Waals surface area contributed by atoms with Gasteiger partial charge < -0.3 is 128 Å². The van der Waals surface area contributed by atoms with Gasteiger partial charge in [-0.15, -0.1) is 0 Å². The third-order valence-corrected chi connectivity index (χ3v) is 18.4. The number of hydrogen-bond acceptors (Lipinski definition) is 24. The topological polar surface area (TPSA) is 111 Å². The molecule has 0 spiro atoms. The smallest absolute Gasteiger partial charge is 0.0575 e. The molecule has 0 unspecified atom stereocenters. The van der Waals surface area contributed by atoms with E-state index < -0.39 is 34.2 Å². The van der Waals surface area contributed by atoms with Crippen LogP contribution in [0.1, 0.15) is 166 Å². The van der Waals surface area contributed by atoms with E-state index in [1.54, 1.807) is 0 Å². The molecule has 414 valence electrons. The predicted molar refractivity (Wildman–Crippen MR) is 325 cm³/mol. The maximum Gasteiger partial charge on any atom is 0.0575 e. The van der Waals surface area contributed by atoms with Crippen molar-refractivity contribution in [1.82, 2.24) is 0 Å².